The number of fused-ring (bicyclic) bond motifs is 1. The Balaban J connectivity index is 1.78. The molecule has 3 heterocycles. The van der Waals surface area contributed by atoms with Crippen LogP contribution in [0.3, 0.4) is 0 Å². The van der Waals surface area contributed by atoms with Crippen LogP contribution in [0.1, 0.15) is 40.5 Å². The second-order valence-corrected chi connectivity index (χ2v) is 7.42. The third kappa shape index (κ3) is 3.27. The molecule has 108 valence electrons. The van der Waals surface area contributed by atoms with Crippen LogP contribution in [0.25, 0.3) is 0 Å². The van der Waals surface area contributed by atoms with Crippen LogP contribution in [0.15, 0.2) is 18.5 Å². The van der Waals surface area contributed by atoms with Gasteiger partial charge in [0.1, 0.15) is 5.82 Å². The maximum absolute atomic E-state index is 4.38. The Morgan fingerprint density at radius 1 is 1.50 bits per heavy atom. The van der Waals surface area contributed by atoms with Crippen molar-refractivity contribution in [1.82, 2.24) is 15.3 Å². The smallest absolute Gasteiger partial charge is 0.107 e. The monoisotopic (exact) mass is 307 g/mol. The summed E-state index contributed by atoms with van der Waals surface area (Å²) < 4.78 is 0. The molecule has 3 nitrogen and oxygen atoms in total. The molecule has 2 N–H and O–H groups in total. The van der Waals surface area contributed by atoms with Gasteiger partial charge in [-0.3, -0.25) is 0 Å². The maximum atomic E-state index is 4.38. The minimum absolute atomic E-state index is 0.390. The summed E-state index contributed by atoms with van der Waals surface area (Å²) in [5.74, 6) is 3.53. The van der Waals surface area contributed by atoms with Crippen LogP contribution >= 0.6 is 23.1 Å². The molecule has 0 saturated carbocycles. The van der Waals surface area contributed by atoms with E-state index < -0.39 is 0 Å². The number of H-pyrrole nitrogens is 1. The molecule has 0 fully saturated rings. The van der Waals surface area contributed by atoms with Crippen molar-refractivity contribution in [2.45, 2.75) is 38.0 Å². The molecular formula is C15H21N3S2. The molecule has 1 aliphatic heterocycles. The van der Waals surface area contributed by atoms with Crippen LogP contribution < -0.4 is 5.32 Å². The summed E-state index contributed by atoms with van der Waals surface area (Å²) in [6.07, 6.45) is 7.09. The molecule has 0 saturated heterocycles. The Kier molecular flexibility index (Phi) is 4.81. The highest BCUT2D eigenvalue weighted by Gasteiger charge is 2.20. The summed E-state index contributed by atoms with van der Waals surface area (Å²) in [4.78, 5) is 10.7. The fraction of sp³-hybridized carbons (Fsp3) is 0.533. The van der Waals surface area contributed by atoms with Crippen molar-refractivity contribution in [1.29, 1.82) is 0 Å². The highest BCUT2D eigenvalue weighted by Crippen LogP contribution is 2.35. The van der Waals surface area contributed by atoms with E-state index in [1.807, 2.05) is 23.7 Å². The van der Waals surface area contributed by atoms with Crippen molar-refractivity contribution < 1.29 is 0 Å². The molecule has 20 heavy (non-hydrogen) atoms. The zero-order chi connectivity index (χ0) is 13.8. The van der Waals surface area contributed by atoms with E-state index in [4.69, 9.17) is 0 Å². The summed E-state index contributed by atoms with van der Waals surface area (Å²) in [5.41, 5.74) is 1.56. The minimum atomic E-state index is 0.390. The number of thioether (sulfide) groups is 1. The third-order valence-electron chi connectivity index (χ3n) is 3.58. The van der Waals surface area contributed by atoms with Crippen molar-refractivity contribution >= 4 is 23.1 Å². The number of rotatable bonds is 6. The number of aromatic nitrogens is 2. The Bertz CT molecular complexity index is 510. The highest BCUT2D eigenvalue weighted by atomic mass is 32.2. The van der Waals surface area contributed by atoms with E-state index in [-0.39, 0.29) is 0 Å². The SMILES string of the molecule is CCCNC(Cc1ncc[nH]1)c1cc2c(s1)CCSC2. The Labute approximate surface area is 128 Å². The zero-order valence-electron chi connectivity index (χ0n) is 11.8. The molecule has 1 atom stereocenters. The largest absolute Gasteiger partial charge is 0.349 e. The van der Waals surface area contributed by atoms with E-state index >= 15 is 0 Å². The van der Waals surface area contributed by atoms with Gasteiger partial charge in [0.15, 0.2) is 0 Å². The number of nitrogens with one attached hydrogen (secondary N) is 2. The molecule has 3 rings (SSSR count). The number of thiophene rings is 1. The summed E-state index contributed by atoms with van der Waals surface area (Å²) in [6, 6.07) is 2.81. The van der Waals surface area contributed by atoms with Crippen LogP contribution in [0.2, 0.25) is 0 Å². The number of aromatic amines is 1. The third-order valence-corrected chi connectivity index (χ3v) is 5.94. The van der Waals surface area contributed by atoms with Crippen LogP contribution in [0.4, 0.5) is 0 Å². The molecule has 0 radical (unpaired) electrons. The van der Waals surface area contributed by atoms with E-state index in [1.54, 1.807) is 10.4 Å². The number of hydrogen-bond donors (Lipinski definition) is 2. The summed E-state index contributed by atoms with van der Waals surface area (Å²) in [5, 5.41) is 3.68. The first kappa shape index (κ1) is 14.2. The predicted octanol–water partition coefficient (Wildman–Crippen LogP) is 3.54. The van der Waals surface area contributed by atoms with Crippen LogP contribution in [-0.4, -0.2) is 22.3 Å². The molecule has 0 amide bonds. The summed E-state index contributed by atoms with van der Waals surface area (Å²) >= 11 is 4.05. The lowest BCUT2D eigenvalue weighted by atomic mass is 10.1. The molecule has 2 aromatic heterocycles. The Hall–Kier alpha value is -0.780. The lowest BCUT2D eigenvalue weighted by Gasteiger charge is -2.15. The van der Waals surface area contributed by atoms with Gasteiger partial charge in [0, 0.05) is 40.4 Å². The fourth-order valence-electron chi connectivity index (χ4n) is 2.54. The maximum Gasteiger partial charge on any atom is 0.107 e. The normalized spacial score (nSPS) is 16.1. The van der Waals surface area contributed by atoms with Crippen LogP contribution in [0.5, 0.6) is 0 Å². The molecule has 5 heteroatoms. The van der Waals surface area contributed by atoms with Gasteiger partial charge in [0.05, 0.1) is 0 Å². The second-order valence-electron chi connectivity index (χ2n) is 5.15. The van der Waals surface area contributed by atoms with E-state index in [9.17, 15) is 0 Å². The molecule has 1 aliphatic rings. The lowest BCUT2D eigenvalue weighted by molar-refractivity contribution is 0.527. The van der Waals surface area contributed by atoms with Crippen molar-refractivity contribution in [3.05, 3.63) is 39.6 Å². The molecule has 1 unspecified atom stereocenters. The summed E-state index contributed by atoms with van der Waals surface area (Å²) in [6.45, 7) is 3.27. The first-order valence-electron chi connectivity index (χ1n) is 7.27. The zero-order valence-corrected chi connectivity index (χ0v) is 13.4. The number of aryl methyl sites for hydroxylation is 1. The van der Waals surface area contributed by atoms with Gasteiger partial charge in [0.25, 0.3) is 0 Å². The van der Waals surface area contributed by atoms with Gasteiger partial charge in [-0.2, -0.15) is 11.8 Å². The predicted molar refractivity (Wildman–Crippen MR) is 87.5 cm³/mol. The molecule has 2 aromatic rings. The van der Waals surface area contributed by atoms with E-state index in [0.717, 1.165) is 25.2 Å². The second kappa shape index (κ2) is 6.78. The quantitative estimate of drug-likeness (QED) is 0.857. The highest BCUT2D eigenvalue weighted by molar-refractivity contribution is 7.98. The van der Waals surface area contributed by atoms with Crippen LogP contribution in [-0.2, 0) is 18.6 Å². The van der Waals surface area contributed by atoms with Gasteiger partial charge in [-0.1, -0.05) is 6.92 Å². The first-order valence-corrected chi connectivity index (χ1v) is 9.24. The van der Waals surface area contributed by atoms with Crippen molar-refractivity contribution in [2.75, 3.05) is 12.3 Å². The molecule has 0 bridgehead atoms. The van der Waals surface area contributed by atoms with Crippen molar-refractivity contribution in [3.63, 3.8) is 0 Å². The minimum Gasteiger partial charge on any atom is -0.349 e. The number of hydrogen-bond acceptors (Lipinski definition) is 4. The van der Waals surface area contributed by atoms with Crippen LogP contribution in [0, 0.1) is 0 Å². The number of nitrogens with zero attached hydrogens (tertiary/aromatic N) is 1. The molecule has 0 aromatic carbocycles. The average Bonchev–Trinajstić information content (AvgIpc) is 3.12. The summed E-state index contributed by atoms with van der Waals surface area (Å²) in [7, 11) is 0. The van der Waals surface area contributed by atoms with E-state index in [0.29, 0.717) is 6.04 Å². The Morgan fingerprint density at radius 2 is 2.45 bits per heavy atom. The number of imidazole rings is 1. The fourth-order valence-corrected chi connectivity index (χ4v) is 4.99. The molecule has 0 spiro atoms. The van der Waals surface area contributed by atoms with Gasteiger partial charge in [-0.25, -0.2) is 4.98 Å². The van der Waals surface area contributed by atoms with Gasteiger partial charge < -0.3 is 10.3 Å². The first-order chi connectivity index (χ1) is 9.86. The standard InChI is InChI=1S/C15H21N3S2/c1-2-4-16-12(9-15-17-5-6-18-15)14-8-11-10-19-7-3-13(11)20-14/h5-6,8,12,16H,2-4,7,9-10H2,1H3,(H,17,18). The lowest BCUT2D eigenvalue weighted by Crippen LogP contribution is -2.23. The van der Waals surface area contributed by atoms with Gasteiger partial charge in [-0.05, 0) is 36.8 Å². The van der Waals surface area contributed by atoms with Gasteiger partial charge in [-0.15, -0.1) is 11.3 Å². The molecule has 0 aliphatic carbocycles. The van der Waals surface area contributed by atoms with Crippen molar-refractivity contribution in [2.24, 2.45) is 0 Å². The topological polar surface area (TPSA) is 40.7 Å². The van der Waals surface area contributed by atoms with E-state index in [1.165, 1.54) is 22.8 Å². The van der Waals surface area contributed by atoms with Crippen molar-refractivity contribution in [3.8, 4) is 0 Å². The Morgan fingerprint density at radius 3 is 3.20 bits per heavy atom. The molecular weight excluding hydrogens is 286 g/mol. The van der Waals surface area contributed by atoms with E-state index in [2.05, 4.69) is 40.0 Å². The average molecular weight is 307 g/mol. The van der Waals surface area contributed by atoms with Gasteiger partial charge in [0.2, 0.25) is 0 Å². The van der Waals surface area contributed by atoms with Gasteiger partial charge >= 0.3 is 0 Å².